The number of benzene rings is 1. The molecule has 5 nitrogen and oxygen atoms in total. The first-order valence-electron chi connectivity index (χ1n) is 5.41. The summed E-state index contributed by atoms with van der Waals surface area (Å²) < 4.78 is 1.06. The molecule has 0 atom stereocenters. The van der Waals surface area contributed by atoms with Crippen molar-refractivity contribution in [3.63, 3.8) is 0 Å². The highest BCUT2D eigenvalue weighted by Gasteiger charge is 2.06. The molecule has 6 heteroatoms. The number of H-pyrrole nitrogens is 1. The summed E-state index contributed by atoms with van der Waals surface area (Å²) in [6.07, 6.45) is 3.23. The molecule has 0 spiro atoms. The number of nitrogens with one attached hydrogen (secondary N) is 2. The van der Waals surface area contributed by atoms with Crippen LogP contribution in [0.2, 0.25) is 0 Å². The Morgan fingerprint density at radius 2 is 2.17 bits per heavy atom. The highest BCUT2D eigenvalue weighted by atomic mass is 79.9. The molecular weight excluding hydrogens is 294 g/mol. The van der Waals surface area contributed by atoms with Gasteiger partial charge in [0, 0.05) is 10.2 Å². The molecule has 3 aromatic rings. The normalized spacial score (nSPS) is 10.8. The van der Waals surface area contributed by atoms with E-state index in [4.69, 9.17) is 0 Å². The number of hydrogen-bond acceptors (Lipinski definition) is 4. The molecule has 0 saturated heterocycles. The van der Waals surface area contributed by atoms with Crippen LogP contribution >= 0.6 is 15.9 Å². The SMILES string of the molecule is Cc1cc(Br)ccc1Nc1ncnc2[nH]ncc12. The van der Waals surface area contributed by atoms with Gasteiger partial charge in [0.25, 0.3) is 0 Å². The third kappa shape index (κ3) is 1.95. The number of nitrogens with zero attached hydrogens (tertiary/aromatic N) is 3. The molecule has 2 N–H and O–H groups in total. The maximum atomic E-state index is 4.24. The topological polar surface area (TPSA) is 66.5 Å². The lowest BCUT2D eigenvalue weighted by Crippen LogP contribution is -1.96. The first-order valence-corrected chi connectivity index (χ1v) is 6.20. The van der Waals surface area contributed by atoms with E-state index >= 15 is 0 Å². The lowest BCUT2D eigenvalue weighted by atomic mass is 10.2. The van der Waals surface area contributed by atoms with Crippen LogP contribution in [-0.2, 0) is 0 Å². The smallest absolute Gasteiger partial charge is 0.160 e. The summed E-state index contributed by atoms with van der Waals surface area (Å²) in [6, 6.07) is 6.05. The van der Waals surface area contributed by atoms with Gasteiger partial charge in [-0.1, -0.05) is 15.9 Å². The lowest BCUT2D eigenvalue weighted by Gasteiger charge is -2.09. The van der Waals surface area contributed by atoms with E-state index in [1.807, 2.05) is 19.1 Å². The molecule has 0 bridgehead atoms. The Labute approximate surface area is 112 Å². The lowest BCUT2D eigenvalue weighted by molar-refractivity contribution is 1.09. The summed E-state index contributed by atoms with van der Waals surface area (Å²) in [5, 5.41) is 11.0. The molecule has 0 fully saturated rings. The fourth-order valence-corrected chi connectivity index (χ4v) is 2.23. The number of anilines is 2. The molecule has 0 amide bonds. The van der Waals surface area contributed by atoms with E-state index in [0.29, 0.717) is 0 Å². The van der Waals surface area contributed by atoms with Gasteiger partial charge in [-0.3, -0.25) is 5.10 Å². The Morgan fingerprint density at radius 1 is 1.28 bits per heavy atom. The minimum atomic E-state index is 0.724. The van der Waals surface area contributed by atoms with Crippen LogP contribution in [0.25, 0.3) is 11.0 Å². The number of rotatable bonds is 2. The van der Waals surface area contributed by atoms with Crippen LogP contribution in [-0.4, -0.2) is 20.2 Å². The number of hydrogen-bond donors (Lipinski definition) is 2. The molecular formula is C12H10BrN5. The highest BCUT2D eigenvalue weighted by molar-refractivity contribution is 9.10. The number of halogens is 1. The molecule has 0 aliphatic heterocycles. The van der Waals surface area contributed by atoms with Crippen molar-refractivity contribution in [1.82, 2.24) is 20.2 Å². The van der Waals surface area contributed by atoms with Gasteiger partial charge in [0.05, 0.1) is 11.6 Å². The Hall–Kier alpha value is -1.95. The Balaban J connectivity index is 2.03. The van der Waals surface area contributed by atoms with Crippen molar-refractivity contribution in [2.75, 3.05) is 5.32 Å². The van der Waals surface area contributed by atoms with Crippen molar-refractivity contribution >= 4 is 38.5 Å². The minimum absolute atomic E-state index is 0.724. The summed E-state index contributed by atoms with van der Waals surface area (Å²) in [5.74, 6) is 0.749. The molecule has 3 rings (SSSR count). The second-order valence-corrected chi connectivity index (χ2v) is 4.85. The Bertz CT molecular complexity index is 707. The van der Waals surface area contributed by atoms with Gasteiger partial charge in [0.2, 0.25) is 0 Å². The second kappa shape index (κ2) is 4.38. The number of aromatic amines is 1. The van der Waals surface area contributed by atoms with Gasteiger partial charge in [-0.25, -0.2) is 9.97 Å². The molecule has 1 aromatic carbocycles. The summed E-state index contributed by atoms with van der Waals surface area (Å²) in [6.45, 7) is 2.04. The predicted octanol–water partition coefficient (Wildman–Crippen LogP) is 3.17. The van der Waals surface area contributed by atoms with Crippen LogP contribution in [0.15, 0.2) is 35.2 Å². The standard InChI is InChI=1S/C12H10BrN5/c1-7-4-8(13)2-3-10(7)17-11-9-5-16-18-12(9)15-6-14-11/h2-6H,1H3,(H2,14,15,16,17,18). The summed E-state index contributed by atoms with van der Waals surface area (Å²) in [4.78, 5) is 8.35. The summed E-state index contributed by atoms with van der Waals surface area (Å²) in [5.41, 5.74) is 2.88. The van der Waals surface area contributed by atoms with Crippen LogP contribution < -0.4 is 5.32 Å². The zero-order valence-electron chi connectivity index (χ0n) is 9.61. The average Bonchev–Trinajstić information content (AvgIpc) is 2.82. The quantitative estimate of drug-likeness (QED) is 0.763. The van der Waals surface area contributed by atoms with E-state index < -0.39 is 0 Å². The molecule has 0 aliphatic carbocycles. The van der Waals surface area contributed by atoms with Gasteiger partial charge in [-0.05, 0) is 30.7 Å². The van der Waals surface area contributed by atoms with E-state index in [-0.39, 0.29) is 0 Å². The zero-order chi connectivity index (χ0) is 12.5. The monoisotopic (exact) mass is 303 g/mol. The van der Waals surface area contributed by atoms with Crippen LogP contribution in [0.4, 0.5) is 11.5 Å². The zero-order valence-corrected chi connectivity index (χ0v) is 11.2. The van der Waals surface area contributed by atoms with Crippen LogP contribution in [0, 0.1) is 6.92 Å². The van der Waals surface area contributed by atoms with Crippen LogP contribution in [0.5, 0.6) is 0 Å². The van der Waals surface area contributed by atoms with Crippen molar-refractivity contribution in [3.8, 4) is 0 Å². The average molecular weight is 304 g/mol. The van der Waals surface area contributed by atoms with Gasteiger partial charge in [-0.2, -0.15) is 5.10 Å². The van der Waals surface area contributed by atoms with E-state index in [0.717, 1.165) is 32.6 Å². The largest absolute Gasteiger partial charge is 0.339 e. The maximum Gasteiger partial charge on any atom is 0.160 e. The fourth-order valence-electron chi connectivity index (χ4n) is 1.76. The van der Waals surface area contributed by atoms with Crippen molar-refractivity contribution in [2.45, 2.75) is 6.92 Å². The summed E-state index contributed by atoms with van der Waals surface area (Å²) in [7, 11) is 0. The Morgan fingerprint density at radius 3 is 3.00 bits per heavy atom. The molecule has 2 aromatic heterocycles. The van der Waals surface area contributed by atoms with Crippen molar-refractivity contribution in [2.24, 2.45) is 0 Å². The van der Waals surface area contributed by atoms with E-state index in [1.54, 1.807) is 6.20 Å². The molecule has 0 saturated carbocycles. The molecule has 90 valence electrons. The minimum Gasteiger partial charge on any atom is -0.339 e. The van der Waals surface area contributed by atoms with Gasteiger partial charge in [0.1, 0.15) is 12.1 Å². The number of aryl methyl sites for hydroxylation is 1. The first kappa shape index (κ1) is 11.2. The van der Waals surface area contributed by atoms with Crippen LogP contribution in [0.3, 0.4) is 0 Å². The molecule has 0 aliphatic rings. The molecule has 0 radical (unpaired) electrons. The molecule has 0 unspecified atom stereocenters. The summed E-state index contributed by atoms with van der Waals surface area (Å²) >= 11 is 3.45. The van der Waals surface area contributed by atoms with E-state index in [2.05, 4.69) is 47.5 Å². The molecule has 18 heavy (non-hydrogen) atoms. The Kier molecular flexibility index (Phi) is 2.71. The van der Waals surface area contributed by atoms with Crippen LogP contribution in [0.1, 0.15) is 5.56 Å². The van der Waals surface area contributed by atoms with Gasteiger partial charge < -0.3 is 5.32 Å². The number of aromatic nitrogens is 4. The van der Waals surface area contributed by atoms with Crippen molar-refractivity contribution < 1.29 is 0 Å². The van der Waals surface area contributed by atoms with Gasteiger partial charge in [-0.15, -0.1) is 0 Å². The van der Waals surface area contributed by atoms with Gasteiger partial charge in [0.15, 0.2) is 5.65 Å². The first-order chi connectivity index (χ1) is 8.74. The van der Waals surface area contributed by atoms with Crippen molar-refractivity contribution in [3.05, 3.63) is 40.8 Å². The van der Waals surface area contributed by atoms with E-state index in [9.17, 15) is 0 Å². The highest BCUT2D eigenvalue weighted by Crippen LogP contribution is 2.25. The molecule has 2 heterocycles. The maximum absolute atomic E-state index is 4.24. The number of fused-ring (bicyclic) bond motifs is 1. The van der Waals surface area contributed by atoms with Gasteiger partial charge >= 0.3 is 0 Å². The third-order valence-corrected chi connectivity index (χ3v) is 3.18. The van der Waals surface area contributed by atoms with E-state index in [1.165, 1.54) is 6.33 Å². The predicted molar refractivity (Wildman–Crippen MR) is 73.8 cm³/mol. The third-order valence-electron chi connectivity index (χ3n) is 2.69. The fraction of sp³-hybridized carbons (Fsp3) is 0.0833. The van der Waals surface area contributed by atoms with Crippen molar-refractivity contribution in [1.29, 1.82) is 0 Å². The second-order valence-electron chi connectivity index (χ2n) is 3.94.